The molecule has 0 spiro atoms. The smallest absolute Gasteiger partial charge is 0.223 e. The summed E-state index contributed by atoms with van der Waals surface area (Å²) in [7, 11) is 0. The molecule has 1 amide bonds. The average Bonchev–Trinajstić information content (AvgIpc) is 3.11. The van der Waals surface area contributed by atoms with Gasteiger partial charge in [-0.3, -0.25) is 4.79 Å². The molecule has 148 valence electrons. The van der Waals surface area contributed by atoms with Gasteiger partial charge in [0.15, 0.2) is 0 Å². The fraction of sp³-hybridized carbons (Fsp3) is 0.435. The van der Waals surface area contributed by atoms with E-state index in [1.165, 1.54) is 27.3 Å². The van der Waals surface area contributed by atoms with Gasteiger partial charge in [0.25, 0.3) is 0 Å². The monoisotopic (exact) mass is 395 g/mol. The van der Waals surface area contributed by atoms with Gasteiger partial charge in [0, 0.05) is 55.9 Å². The molecule has 2 heterocycles. The summed E-state index contributed by atoms with van der Waals surface area (Å²) in [6.45, 7) is 11.1. The van der Waals surface area contributed by atoms with Crippen LogP contribution < -0.4 is 9.80 Å². The Morgan fingerprint density at radius 1 is 1.04 bits per heavy atom. The van der Waals surface area contributed by atoms with E-state index in [9.17, 15) is 4.79 Å². The predicted molar refractivity (Wildman–Crippen MR) is 118 cm³/mol. The lowest BCUT2D eigenvalue weighted by Gasteiger charge is -2.35. The molecule has 4 rings (SSSR count). The minimum atomic E-state index is 0.137. The second kappa shape index (κ2) is 8.18. The maximum absolute atomic E-state index is 11.7. The first-order valence-electron chi connectivity index (χ1n) is 10.2. The number of nitrogens with zero attached hydrogens (tertiary/aromatic N) is 3. The van der Waals surface area contributed by atoms with Crippen molar-refractivity contribution >= 4 is 29.2 Å². The first-order chi connectivity index (χ1) is 13.5. The lowest BCUT2D eigenvalue weighted by atomic mass is 10.1. The lowest BCUT2D eigenvalue weighted by molar-refractivity contribution is -0.116. The maximum Gasteiger partial charge on any atom is 0.223 e. The molecule has 0 unspecified atom stereocenters. The Kier molecular flexibility index (Phi) is 5.65. The summed E-state index contributed by atoms with van der Waals surface area (Å²) in [5, 5.41) is 0. The van der Waals surface area contributed by atoms with E-state index in [-0.39, 0.29) is 5.91 Å². The minimum absolute atomic E-state index is 0.137. The van der Waals surface area contributed by atoms with Gasteiger partial charge in [-0.1, -0.05) is 13.0 Å². The van der Waals surface area contributed by atoms with E-state index < -0.39 is 0 Å². The third kappa shape index (κ3) is 4.06. The molecule has 5 heteroatoms. The lowest BCUT2D eigenvalue weighted by Crippen LogP contribution is -2.43. The highest BCUT2D eigenvalue weighted by Gasteiger charge is 2.23. The Hall–Kier alpha value is -1.98. The Morgan fingerprint density at radius 2 is 1.82 bits per heavy atom. The van der Waals surface area contributed by atoms with E-state index in [4.69, 9.17) is 0 Å². The third-order valence-corrected chi connectivity index (χ3v) is 6.78. The van der Waals surface area contributed by atoms with Crippen molar-refractivity contribution in [2.45, 2.75) is 38.5 Å². The zero-order valence-corrected chi connectivity index (χ0v) is 17.9. The van der Waals surface area contributed by atoms with Gasteiger partial charge >= 0.3 is 0 Å². The average molecular weight is 396 g/mol. The SMILES string of the molecule is CCc1cc(C)cc(N2CCN(Sc3ccc4c(c3)CCN4C(C)=O)CC2)c1. The van der Waals surface area contributed by atoms with Crippen LogP contribution in [-0.4, -0.2) is 42.9 Å². The summed E-state index contributed by atoms with van der Waals surface area (Å²) >= 11 is 1.85. The fourth-order valence-electron chi connectivity index (χ4n) is 4.18. The number of fused-ring (bicyclic) bond motifs is 1. The highest BCUT2D eigenvalue weighted by Crippen LogP contribution is 2.34. The van der Waals surface area contributed by atoms with Crippen molar-refractivity contribution < 1.29 is 4.79 Å². The normalized spacial score (nSPS) is 17.1. The Labute approximate surface area is 172 Å². The quantitative estimate of drug-likeness (QED) is 0.722. The van der Waals surface area contributed by atoms with E-state index in [0.717, 1.165) is 51.3 Å². The van der Waals surface area contributed by atoms with Gasteiger partial charge < -0.3 is 9.80 Å². The van der Waals surface area contributed by atoms with Gasteiger partial charge in [-0.2, -0.15) is 0 Å². The number of carbonyl (C=O) groups excluding carboxylic acids is 1. The summed E-state index contributed by atoms with van der Waals surface area (Å²) in [6.07, 6.45) is 2.05. The largest absolute Gasteiger partial charge is 0.369 e. The van der Waals surface area contributed by atoms with Gasteiger partial charge in [-0.05, 0) is 78.7 Å². The summed E-state index contributed by atoms with van der Waals surface area (Å²) in [4.78, 5) is 17.4. The first-order valence-corrected chi connectivity index (χ1v) is 11.0. The molecule has 1 saturated heterocycles. The molecule has 2 aliphatic rings. The molecule has 0 atom stereocenters. The van der Waals surface area contributed by atoms with Crippen LogP contribution in [0.4, 0.5) is 11.4 Å². The van der Waals surface area contributed by atoms with Gasteiger partial charge in [0.2, 0.25) is 5.91 Å². The molecule has 0 bridgehead atoms. The summed E-state index contributed by atoms with van der Waals surface area (Å²) in [5.74, 6) is 0.137. The number of hydrogen-bond donors (Lipinski definition) is 0. The second-order valence-electron chi connectivity index (χ2n) is 7.75. The van der Waals surface area contributed by atoms with E-state index in [1.54, 1.807) is 6.92 Å². The minimum Gasteiger partial charge on any atom is -0.369 e. The van der Waals surface area contributed by atoms with Crippen molar-refractivity contribution in [1.29, 1.82) is 0 Å². The van der Waals surface area contributed by atoms with Crippen LogP contribution >= 0.6 is 11.9 Å². The fourth-order valence-corrected chi connectivity index (χ4v) is 5.14. The molecular weight excluding hydrogens is 366 g/mol. The number of aryl methyl sites for hydroxylation is 2. The molecule has 0 N–H and O–H groups in total. The van der Waals surface area contributed by atoms with Crippen molar-refractivity contribution in [2.75, 3.05) is 42.5 Å². The number of hydrogen-bond acceptors (Lipinski definition) is 4. The van der Waals surface area contributed by atoms with Gasteiger partial charge in [0.05, 0.1) is 0 Å². The molecular formula is C23H29N3OS. The Morgan fingerprint density at radius 3 is 2.54 bits per heavy atom. The van der Waals surface area contributed by atoms with E-state index in [2.05, 4.69) is 59.5 Å². The zero-order valence-electron chi connectivity index (χ0n) is 17.1. The molecule has 0 aliphatic carbocycles. The number of rotatable bonds is 4. The van der Waals surface area contributed by atoms with Crippen LogP contribution in [0, 0.1) is 6.92 Å². The summed E-state index contributed by atoms with van der Waals surface area (Å²) < 4.78 is 2.46. The molecule has 0 aromatic heterocycles. The topological polar surface area (TPSA) is 26.8 Å². The molecule has 2 aromatic rings. The van der Waals surface area contributed by atoms with Gasteiger partial charge in [-0.25, -0.2) is 4.31 Å². The van der Waals surface area contributed by atoms with Crippen LogP contribution in [0.5, 0.6) is 0 Å². The third-order valence-electron chi connectivity index (χ3n) is 5.70. The van der Waals surface area contributed by atoms with E-state index >= 15 is 0 Å². The molecule has 0 saturated carbocycles. The predicted octanol–water partition coefficient (Wildman–Crippen LogP) is 4.30. The van der Waals surface area contributed by atoms with Gasteiger partial charge in [0.1, 0.15) is 0 Å². The number of benzene rings is 2. The first kappa shape index (κ1) is 19.3. The van der Waals surface area contributed by atoms with Crippen LogP contribution in [0.25, 0.3) is 0 Å². The van der Waals surface area contributed by atoms with Crippen molar-refractivity contribution in [1.82, 2.24) is 4.31 Å². The van der Waals surface area contributed by atoms with Crippen LogP contribution in [-0.2, 0) is 17.6 Å². The number of anilines is 2. The van der Waals surface area contributed by atoms with E-state index in [1.807, 2.05) is 16.8 Å². The summed E-state index contributed by atoms with van der Waals surface area (Å²) in [5.41, 5.74) is 6.52. The van der Waals surface area contributed by atoms with Crippen molar-refractivity contribution in [3.05, 3.63) is 53.1 Å². The second-order valence-corrected chi connectivity index (χ2v) is 8.92. The number of piperazine rings is 1. The molecule has 0 radical (unpaired) electrons. The highest BCUT2D eigenvalue weighted by molar-refractivity contribution is 7.97. The number of amides is 1. The molecule has 2 aliphatic heterocycles. The van der Waals surface area contributed by atoms with Crippen molar-refractivity contribution in [2.24, 2.45) is 0 Å². The summed E-state index contributed by atoms with van der Waals surface area (Å²) in [6, 6.07) is 13.5. The molecule has 2 aromatic carbocycles. The highest BCUT2D eigenvalue weighted by atomic mass is 32.2. The molecule has 1 fully saturated rings. The Bertz CT molecular complexity index is 874. The van der Waals surface area contributed by atoms with E-state index in [0.29, 0.717) is 0 Å². The van der Waals surface area contributed by atoms with Crippen LogP contribution in [0.3, 0.4) is 0 Å². The van der Waals surface area contributed by atoms with Crippen molar-refractivity contribution in [3.8, 4) is 0 Å². The maximum atomic E-state index is 11.7. The number of carbonyl (C=O) groups is 1. The molecule has 28 heavy (non-hydrogen) atoms. The van der Waals surface area contributed by atoms with Crippen LogP contribution in [0.15, 0.2) is 41.3 Å². The van der Waals surface area contributed by atoms with Crippen LogP contribution in [0.2, 0.25) is 0 Å². The van der Waals surface area contributed by atoms with Crippen molar-refractivity contribution in [3.63, 3.8) is 0 Å². The van der Waals surface area contributed by atoms with Gasteiger partial charge in [-0.15, -0.1) is 0 Å². The molecule has 4 nitrogen and oxygen atoms in total. The standard InChI is InChI=1S/C23H29N3OS/c1-4-19-13-17(2)14-21(15-19)24-9-11-25(12-10-24)28-22-5-6-23-20(16-22)7-8-26(23)18(3)27/h5-6,13-16H,4,7-12H2,1-3H3. The van der Waals surface area contributed by atoms with Crippen LogP contribution in [0.1, 0.15) is 30.5 Å². The Balaban J connectivity index is 1.38. The zero-order chi connectivity index (χ0) is 19.7.